The van der Waals surface area contributed by atoms with E-state index in [1.807, 2.05) is 18.2 Å². The van der Waals surface area contributed by atoms with Gasteiger partial charge >= 0.3 is 6.03 Å². The predicted molar refractivity (Wildman–Crippen MR) is 81.3 cm³/mol. The standard InChI is InChI=1S/C15H14BrFN2O/c16-12-6-2-4-8-14(12)19-15(20)18-10-9-11-5-1-3-7-13(11)17/h1-8H,9-10H2,(H2,18,19,20). The predicted octanol–water partition coefficient (Wildman–Crippen LogP) is 3.95. The molecule has 0 spiro atoms. The summed E-state index contributed by atoms with van der Waals surface area (Å²) < 4.78 is 14.2. The lowest BCUT2D eigenvalue weighted by molar-refractivity contribution is 0.252. The average molecular weight is 337 g/mol. The van der Waals surface area contributed by atoms with Gasteiger partial charge in [-0.2, -0.15) is 0 Å². The number of rotatable bonds is 4. The minimum absolute atomic E-state index is 0.250. The molecule has 3 nitrogen and oxygen atoms in total. The topological polar surface area (TPSA) is 41.1 Å². The van der Waals surface area contributed by atoms with Gasteiger partial charge in [0.15, 0.2) is 0 Å². The summed E-state index contributed by atoms with van der Waals surface area (Å²) >= 11 is 3.35. The maximum atomic E-state index is 13.4. The Kier molecular flexibility index (Phi) is 5.12. The maximum absolute atomic E-state index is 13.4. The van der Waals surface area contributed by atoms with Crippen LogP contribution in [0.15, 0.2) is 53.0 Å². The highest BCUT2D eigenvalue weighted by molar-refractivity contribution is 9.10. The van der Waals surface area contributed by atoms with Crippen molar-refractivity contribution in [2.45, 2.75) is 6.42 Å². The van der Waals surface area contributed by atoms with Crippen molar-refractivity contribution in [1.29, 1.82) is 0 Å². The Hall–Kier alpha value is -1.88. The zero-order chi connectivity index (χ0) is 14.4. The fraction of sp³-hybridized carbons (Fsp3) is 0.133. The van der Waals surface area contributed by atoms with Crippen LogP contribution >= 0.6 is 15.9 Å². The number of nitrogens with one attached hydrogen (secondary N) is 2. The van der Waals surface area contributed by atoms with Gasteiger partial charge in [-0.3, -0.25) is 0 Å². The summed E-state index contributed by atoms with van der Waals surface area (Å²) in [5.41, 5.74) is 1.28. The summed E-state index contributed by atoms with van der Waals surface area (Å²) in [6, 6.07) is 13.6. The Morgan fingerprint density at radius 3 is 2.55 bits per heavy atom. The Bertz CT molecular complexity index is 604. The Balaban J connectivity index is 1.82. The first-order valence-electron chi connectivity index (χ1n) is 6.19. The van der Waals surface area contributed by atoms with Crippen molar-refractivity contribution in [3.63, 3.8) is 0 Å². The number of anilines is 1. The monoisotopic (exact) mass is 336 g/mol. The molecule has 0 saturated carbocycles. The molecule has 0 heterocycles. The van der Waals surface area contributed by atoms with E-state index in [9.17, 15) is 9.18 Å². The molecule has 0 aliphatic rings. The lowest BCUT2D eigenvalue weighted by atomic mass is 10.1. The van der Waals surface area contributed by atoms with Crippen molar-refractivity contribution in [2.75, 3.05) is 11.9 Å². The summed E-state index contributed by atoms with van der Waals surface area (Å²) in [5, 5.41) is 5.42. The second kappa shape index (κ2) is 7.05. The molecule has 20 heavy (non-hydrogen) atoms. The third kappa shape index (κ3) is 4.06. The summed E-state index contributed by atoms with van der Waals surface area (Å²) in [6.45, 7) is 0.372. The number of amides is 2. The summed E-state index contributed by atoms with van der Waals surface area (Å²) in [7, 11) is 0. The molecule has 0 saturated heterocycles. The zero-order valence-electron chi connectivity index (χ0n) is 10.7. The van der Waals surface area contributed by atoms with Crippen LogP contribution < -0.4 is 10.6 Å². The first-order valence-corrected chi connectivity index (χ1v) is 6.99. The fourth-order valence-corrected chi connectivity index (χ4v) is 2.12. The van der Waals surface area contributed by atoms with Crippen molar-refractivity contribution >= 4 is 27.6 Å². The van der Waals surface area contributed by atoms with E-state index >= 15 is 0 Å². The van der Waals surface area contributed by atoms with Gasteiger partial charge in [0.1, 0.15) is 5.82 Å². The van der Waals surface area contributed by atoms with E-state index in [0.29, 0.717) is 24.2 Å². The highest BCUT2D eigenvalue weighted by Crippen LogP contribution is 2.20. The van der Waals surface area contributed by atoms with Gasteiger partial charge < -0.3 is 10.6 Å². The molecule has 2 amide bonds. The third-order valence-corrected chi connectivity index (χ3v) is 3.45. The van der Waals surface area contributed by atoms with E-state index in [1.165, 1.54) is 6.07 Å². The van der Waals surface area contributed by atoms with Crippen LogP contribution in [0.3, 0.4) is 0 Å². The highest BCUT2D eigenvalue weighted by atomic mass is 79.9. The van der Waals surface area contributed by atoms with Crippen LogP contribution in [0.4, 0.5) is 14.9 Å². The van der Waals surface area contributed by atoms with E-state index in [0.717, 1.165) is 4.47 Å². The molecule has 0 aromatic heterocycles. The molecule has 2 rings (SSSR count). The normalized spacial score (nSPS) is 10.1. The number of carbonyl (C=O) groups excluding carboxylic acids is 1. The molecular formula is C15H14BrFN2O. The molecule has 5 heteroatoms. The van der Waals surface area contributed by atoms with Crippen LogP contribution in [-0.4, -0.2) is 12.6 Å². The molecule has 2 aromatic carbocycles. The smallest absolute Gasteiger partial charge is 0.319 e. The second-order valence-corrected chi connectivity index (χ2v) is 5.06. The zero-order valence-corrected chi connectivity index (χ0v) is 12.3. The van der Waals surface area contributed by atoms with Crippen molar-refractivity contribution in [1.82, 2.24) is 5.32 Å². The largest absolute Gasteiger partial charge is 0.338 e. The van der Waals surface area contributed by atoms with Gasteiger partial charge in [-0.05, 0) is 46.1 Å². The minimum atomic E-state index is -0.312. The van der Waals surface area contributed by atoms with Crippen molar-refractivity contribution in [3.05, 3.63) is 64.4 Å². The molecule has 0 radical (unpaired) electrons. The molecule has 2 aromatic rings. The van der Waals surface area contributed by atoms with Crippen LogP contribution in [0.5, 0.6) is 0 Å². The fourth-order valence-electron chi connectivity index (χ4n) is 1.74. The Morgan fingerprint density at radius 2 is 1.80 bits per heavy atom. The van der Waals surface area contributed by atoms with Gasteiger partial charge in [-0.25, -0.2) is 9.18 Å². The van der Waals surface area contributed by atoms with E-state index < -0.39 is 0 Å². The molecule has 0 atom stereocenters. The van der Waals surface area contributed by atoms with Crippen LogP contribution in [0.2, 0.25) is 0 Å². The van der Waals surface area contributed by atoms with Gasteiger partial charge in [-0.15, -0.1) is 0 Å². The first-order chi connectivity index (χ1) is 9.66. The summed E-state index contributed by atoms with van der Waals surface area (Å²) in [5.74, 6) is -0.250. The molecule has 0 aliphatic heterocycles. The van der Waals surface area contributed by atoms with Crippen LogP contribution in [-0.2, 0) is 6.42 Å². The van der Waals surface area contributed by atoms with E-state index in [4.69, 9.17) is 0 Å². The van der Waals surface area contributed by atoms with Gasteiger partial charge in [-0.1, -0.05) is 30.3 Å². The average Bonchev–Trinajstić information content (AvgIpc) is 2.43. The number of urea groups is 1. The highest BCUT2D eigenvalue weighted by Gasteiger charge is 2.05. The van der Waals surface area contributed by atoms with E-state index in [1.54, 1.807) is 24.3 Å². The van der Waals surface area contributed by atoms with E-state index in [2.05, 4.69) is 26.6 Å². The quantitative estimate of drug-likeness (QED) is 0.871. The molecule has 0 bridgehead atoms. The molecule has 2 N–H and O–H groups in total. The van der Waals surface area contributed by atoms with Crippen molar-refractivity contribution in [2.24, 2.45) is 0 Å². The molecule has 0 fully saturated rings. The number of para-hydroxylation sites is 1. The number of benzene rings is 2. The van der Waals surface area contributed by atoms with Gasteiger partial charge in [0.25, 0.3) is 0 Å². The minimum Gasteiger partial charge on any atom is -0.338 e. The maximum Gasteiger partial charge on any atom is 0.319 e. The van der Waals surface area contributed by atoms with Gasteiger partial charge in [0.2, 0.25) is 0 Å². The SMILES string of the molecule is O=C(NCCc1ccccc1F)Nc1ccccc1Br. The second-order valence-electron chi connectivity index (χ2n) is 4.20. The Labute approximate surface area is 125 Å². The van der Waals surface area contributed by atoms with Crippen LogP contribution in [0.25, 0.3) is 0 Å². The molecular weight excluding hydrogens is 323 g/mol. The Morgan fingerprint density at radius 1 is 1.10 bits per heavy atom. The van der Waals surface area contributed by atoms with Crippen molar-refractivity contribution < 1.29 is 9.18 Å². The number of carbonyl (C=O) groups is 1. The number of hydrogen-bond acceptors (Lipinski definition) is 1. The summed E-state index contributed by atoms with van der Waals surface area (Å²) in [4.78, 5) is 11.7. The van der Waals surface area contributed by atoms with Crippen LogP contribution in [0.1, 0.15) is 5.56 Å². The van der Waals surface area contributed by atoms with Gasteiger partial charge in [0, 0.05) is 11.0 Å². The number of hydrogen-bond donors (Lipinski definition) is 2. The van der Waals surface area contributed by atoms with Crippen molar-refractivity contribution in [3.8, 4) is 0 Å². The third-order valence-electron chi connectivity index (χ3n) is 2.76. The van der Waals surface area contributed by atoms with Crippen LogP contribution in [0, 0.1) is 5.82 Å². The molecule has 0 aliphatic carbocycles. The number of halogens is 2. The molecule has 104 valence electrons. The van der Waals surface area contributed by atoms with E-state index in [-0.39, 0.29) is 11.8 Å². The lowest BCUT2D eigenvalue weighted by Gasteiger charge is -2.09. The summed E-state index contributed by atoms with van der Waals surface area (Å²) in [6.07, 6.45) is 0.454. The van der Waals surface area contributed by atoms with Gasteiger partial charge in [0.05, 0.1) is 5.69 Å². The first kappa shape index (κ1) is 14.5. The lowest BCUT2D eigenvalue weighted by Crippen LogP contribution is -2.30. The molecule has 0 unspecified atom stereocenters.